The molecule has 0 unspecified atom stereocenters. The second-order valence-electron chi connectivity index (χ2n) is 15.9. The van der Waals surface area contributed by atoms with Crippen LogP contribution in [0, 0.1) is 23.3 Å². The second kappa shape index (κ2) is 18.2. The molecule has 3 aromatic carbocycles. The number of pyridine rings is 1. The molecule has 56 heavy (non-hydrogen) atoms. The first kappa shape index (κ1) is 44.9. The van der Waals surface area contributed by atoms with Crippen LogP contribution in [0.25, 0.3) is 54.3 Å². The minimum Gasteiger partial charge on any atom is -0.512 e. The molecule has 0 spiro atoms. The van der Waals surface area contributed by atoms with Crippen LogP contribution in [-0.4, -0.2) is 27.0 Å². The molecule has 0 aliphatic heterocycles. The summed E-state index contributed by atoms with van der Waals surface area (Å²) in [4.78, 5) is 20.8. The molecule has 3 heterocycles. The van der Waals surface area contributed by atoms with E-state index in [1.807, 2.05) is 58.2 Å². The van der Waals surface area contributed by atoms with Gasteiger partial charge in [0, 0.05) is 61.0 Å². The van der Waals surface area contributed by atoms with Gasteiger partial charge in [0.1, 0.15) is 5.52 Å². The van der Waals surface area contributed by atoms with Gasteiger partial charge in [-0.15, -0.1) is 40.5 Å². The Bertz CT molecular complexity index is 2310. The molecule has 6 aromatic rings. The Balaban J connectivity index is 0.000000372. The van der Waals surface area contributed by atoms with Crippen LogP contribution in [-0.2, 0) is 36.7 Å². The number of oxazole rings is 1. The largest absolute Gasteiger partial charge is 0.512 e. The van der Waals surface area contributed by atoms with Crippen LogP contribution in [0.2, 0.25) is 0 Å². The van der Waals surface area contributed by atoms with Gasteiger partial charge < -0.3 is 9.52 Å². The van der Waals surface area contributed by atoms with Crippen LogP contribution in [0.3, 0.4) is 0 Å². The van der Waals surface area contributed by atoms with E-state index < -0.39 is 11.6 Å². The van der Waals surface area contributed by atoms with E-state index >= 15 is 0 Å². The van der Waals surface area contributed by atoms with Gasteiger partial charge >= 0.3 is 6.18 Å². The number of rotatable bonds is 11. The van der Waals surface area contributed by atoms with Crippen molar-refractivity contribution in [2.24, 2.45) is 17.3 Å². The maximum absolute atomic E-state index is 13.4. The van der Waals surface area contributed by atoms with Crippen LogP contribution in [0.1, 0.15) is 99.5 Å². The standard InChI is InChI=1S/C33H28F3N2OS.C13H24O2.Ir/c1-31(2,3)25-15-21(14-19-8-6-7-9-22(19)25)29-30-23(12-13-37-29)24(18-40-30)20-10-11-26-27(16-20)39-28(38-26)17-32(4,5)33(34,35)36;1-5-10(6-2)12(14)9-13(15)11(7-3)8-4;/h6-13,15-16,18H,17H2,1-5H3;9-11,14H,5-8H2,1-4H3;/q-1;;/b;12-9-;. The molecule has 0 aliphatic rings. The molecule has 3 aromatic heterocycles. The first-order valence-corrected chi connectivity index (χ1v) is 20.0. The molecule has 0 fully saturated rings. The van der Waals surface area contributed by atoms with E-state index in [0.717, 1.165) is 77.4 Å². The third-order valence-corrected chi connectivity index (χ3v) is 11.5. The number of ketones is 1. The van der Waals surface area contributed by atoms with Crippen molar-refractivity contribution >= 4 is 49.1 Å². The molecule has 0 amide bonds. The number of aliphatic hydroxyl groups is 1. The molecule has 0 atom stereocenters. The monoisotopic (exact) mass is 962 g/mol. The zero-order chi connectivity index (χ0) is 40.3. The molecule has 6 rings (SSSR count). The van der Waals surface area contributed by atoms with Gasteiger partial charge in [0.2, 0.25) is 0 Å². The Morgan fingerprint density at radius 1 is 0.911 bits per heavy atom. The van der Waals surface area contributed by atoms with Gasteiger partial charge in [-0.25, -0.2) is 4.98 Å². The summed E-state index contributed by atoms with van der Waals surface area (Å²) in [7, 11) is 0. The van der Waals surface area contributed by atoms with Gasteiger partial charge in [-0.2, -0.15) is 13.2 Å². The number of hydrogen-bond donors (Lipinski definition) is 1. The number of fused-ring (bicyclic) bond motifs is 3. The number of hydrogen-bond acceptors (Lipinski definition) is 6. The topological polar surface area (TPSA) is 76.2 Å². The smallest absolute Gasteiger partial charge is 0.394 e. The van der Waals surface area contributed by atoms with E-state index in [1.54, 1.807) is 17.4 Å². The number of carbonyl (C=O) groups excluding carboxylic acids is 1. The molecular formula is C46H52F3IrN2O3S-. The number of aliphatic hydroxyl groups excluding tert-OH is 1. The first-order valence-electron chi connectivity index (χ1n) is 19.1. The Hall–Kier alpha value is -3.85. The minimum atomic E-state index is -4.35. The summed E-state index contributed by atoms with van der Waals surface area (Å²) in [5.41, 5.74) is 4.01. The van der Waals surface area contributed by atoms with Crippen LogP contribution in [0.5, 0.6) is 0 Å². The Labute approximate surface area is 346 Å². The van der Waals surface area contributed by atoms with Crippen molar-refractivity contribution in [1.29, 1.82) is 0 Å². The number of nitrogens with zero attached hydrogens (tertiary/aromatic N) is 2. The van der Waals surface area contributed by atoms with Crippen molar-refractivity contribution in [3.8, 4) is 22.4 Å². The summed E-state index contributed by atoms with van der Waals surface area (Å²) in [6.07, 6.45) is 2.05. The van der Waals surface area contributed by atoms with Gasteiger partial charge in [0.05, 0.1) is 11.2 Å². The van der Waals surface area contributed by atoms with E-state index in [9.17, 15) is 23.1 Å². The van der Waals surface area contributed by atoms with Gasteiger partial charge in [-0.05, 0) is 71.2 Å². The molecule has 1 N–H and O–H groups in total. The SMILES string of the molecule is CC(C)(C)c1cc(-c2nccc3c(-c4ccc5nc(CC(C)(C)C(F)(F)F)oc5c4)csc23)[c-]c2ccccc12.CCC(CC)C(=O)/C=C(\O)C(CC)CC.[Ir]. The predicted octanol–water partition coefficient (Wildman–Crippen LogP) is 14.0. The van der Waals surface area contributed by atoms with Crippen LogP contribution in [0.15, 0.2) is 82.4 Å². The van der Waals surface area contributed by atoms with Gasteiger partial charge in [0.25, 0.3) is 0 Å². The zero-order valence-electron chi connectivity index (χ0n) is 33.7. The quantitative estimate of drug-likeness (QED) is 0.0795. The van der Waals surface area contributed by atoms with Gasteiger partial charge in [-0.1, -0.05) is 97.5 Å². The summed E-state index contributed by atoms with van der Waals surface area (Å²) >= 11 is 1.62. The molecule has 5 nitrogen and oxygen atoms in total. The fraction of sp³-hybridized carbons (Fsp3) is 0.413. The molecule has 1 radical (unpaired) electrons. The summed E-state index contributed by atoms with van der Waals surface area (Å²) in [6.45, 7) is 17.0. The molecule has 0 aliphatic carbocycles. The van der Waals surface area contributed by atoms with Crippen LogP contribution >= 0.6 is 11.3 Å². The normalized spacial score (nSPS) is 12.7. The summed E-state index contributed by atoms with van der Waals surface area (Å²) in [5.74, 6) is 0.628. The van der Waals surface area contributed by atoms with Gasteiger partial charge in [-0.3, -0.25) is 9.78 Å². The average molecular weight is 962 g/mol. The third kappa shape index (κ3) is 9.81. The Morgan fingerprint density at radius 3 is 2.20 bits per heavy atom. The van der Waals surface area contributed by atoms with E-state index in [1.165, 1.54) is 17.0 Å². The molecule has 0 bridgehead atoms. The van der Waals surface area contributed by atoms with E-state index in [-0.39, 0.29) is 61.2 Å². The van der Waals surface area contributed by atoms with Crippen molar-refractivity contribution in [3.05, 3.63) is 95.5 Å². The molecule has 301 valence electrons. The number of thiophene rings is 1. The maximum Gasteiger partial charge on any atom is 0.394 e. The number of aromatic nitrogens is 2. The van der Waals surface area contributed by atoms with E-state index in [4.69, 9.17) is 9.40 Å². The van der Waals surface area contributed by atoms with Crippen molar-refractivity contribution in [2.45, 2.75) is 106 Å². The minimum absolute atomic E-state index is 0. The van der Waals surface area contributed by atoms with Crippen molar-refractivity contribution in [2.75, 3.05) is 0 Å². The zero-order valence-corrected chi connectivity index (χ0v) is 36.9. The Morgan fingerprint density at radius 2 is 1.57 bits per heavy atom. The average Bonchev–Trinajstić information content (AvgIpc) is 3.74. The molecule has 10 heteroatoms. The predicted molar refractivity (Wildman–Crippen MR) is 221 cm³/mol. The van der Waals surface area contributed by atoms with Crippen molar-refractivity contribution in [3.63, 3.8) is 0 Å². The second-order valence-corrected chi connectivity index (χ2v) is 16.8. The summed E-state index contributed by atoms with van der Waals surface area (Å²) < 4.78 is 47.1. The van der Waals surface area contributed by atoms with E-state index in [0.29, 0.717) is 11.1 Å². The fourth-order valence-corrected chi connectivity index (χ4v) is 7.91. The van der Waals surface area contributed by atoms with Crippen LogP contribution in [0.4, 0.5) is 13.2 Å². The number of halogens is 3. The number of allylic oxidation sites excluding steroid dienone is 2. The summed E-state index contributed by atoms with van der Waals surface area (Å²) in [5, 5.41) is 15.1. The summed E-state index contributed by atoms with van der Waals surface area (Å²) in [6, 6.07) is 21.7. The van der Waals surface area contributed by atoms with Gasteiger partial charge in [0.15, 0.2) is 17.3 Å². The van der Waals surface area contributed by atoms with Crippen molar-refractivity contribution in [1.82, 2.24) is 9.97 Å². The third-order valence-electron chi connectivity index (χ3n) is 10.5. The molecule has 0 saturated carbocycles. The van der Waals surface area contributed by atoms with E-state index in [2.05, 4.69) is 61.5 Å². The molecular weight excluding hydrogens is 910 g/mol. The number of alkyl halides is 3. The molecule has 0 saturated heterocycles. The Kier molecular flexibility index (Phi) is 14.6. The first-order chi connectivity index (χ1) is 25.9. The fourth-order valence-electron chi connectivity index (χ4n) is 6.83. The number of benzene rings is 3. The van der Waals surface area contributed by atoms with Crippen molar-refractivity contribution < 1.29 is 47.6 Å². The van der Waals surface area contributed by atoms with Crippen LogP contribution < -0.4 is 0 Å². The maximum atomic E-state index is 13.4. The number of carbonyl (C=O) groups is 1.